The maximum absolute atomic E-state index is 14.6. The Morgan fingerprint density at radius 2 is 1.65 bits per heavy atom. The molecule has 0 aliphatic rings. The number of hydrogen-bond donors (Lipinski definition) is 2. The summed E-state index contributed by atoms with van der Waals surface area (Å²) in [5.74, 6) is 0.808. The third-order valence-corrected chi connectivity index (χ3v) is 8.18. The minimum atomic E-state index is -0.547. The molecule has 0 saturated heterocycles. The molecule has 0 aliphatic carbocycles. The Hall–Kier alpha value is -5.80. The fraction of sp³-hybridized carbons (Fsp3) is 0.0833. The molecule has 0 fully saturated rings. The minimum Gasteiger partial charge on any atom is -0.473 e. The Morgan fingerprint density at radius 1 is 0.870 bits per heavy atom. The van der Waals surface area contributed by atoms with E-state index in [9.17, 15) is 9.59 Å². The first-order valence-electron chi connectivity index (χ1n) is 14.6. The van der Waals surface area contributed by atoms with E-state index in [1.54, 1.807) is 16.8 Å². The zero-order valence-electron chi connectivity index (χ0n) is 24.6. The molecule has 1 atom stereocenters. The van der Waals surface area contributed by atoms with Crippen molar-refractivity contribution in [2.75, 3.05) is 5.32 Å². The summed E-state index contributed by atoms with van der Waals surface area (Å²) in [6.45, 7) is 2.27. The largest absolute Gasteiger partial charge is 0.473 e. The van der Waals surface area contributed by atoms with Gasteiger partial charge < -0.3 is 15.0 Å². The average molecular weight is 627 g/mol. The van der Waals surface area contributed by atoms with Crippen LogP contribution in [0.2, 0.25) is 5.02 Å². The summed E-state index contributed by atoms with van der Waals surface area (Å²) in [6.07, 6.45) is 4.61. The molecule has 9 nitrogen and oxygen atoms in total. The normalized spacial score (nSPS) is 11.9. The van der Waals surface area contributed by atoms with Crippen LogP contribution in [0.3, 0.4) is 0 Å². The summed E-state index contributed by atoms with van der Waals surface area (Å²) in [4.78, 5) is 43.4. The van der Waals surface area contributed by atoms with E-state index in [2.05, 4.69) is 25.3 Å². The topological polar surface area (TPSA) is 115 Å². The van der Waals surface area contributed by atoms with Crippen molar-refractivity contribution >= 4 is 39.2 Å². The first kappa shape index (κ1) is 28.9. The molecule has 0 unspecified atom stereocenters. The highest BCUT2D eigenvalue weighted by atomic mass is 35.5. The van der Waals surface area contributed by atoms with Gasteiger partial charge in [0, 0.05) is 41.2 Å². The van der Waals surface area contributed by atoms with Gasteiger partial charge in [-0.2, -0.15) is 0 Å². The number of nitrogens with one attached hydrogen (secondary N) is 2. The molecule has 7 rings (SSSR count). The van der Waals surface area contributed by atoms with Crippen LogP contribution in [-0.2, 0) is 6.61 Å². The van der Waals surface area contributed by atoms with Gasteiger partial charge in [0.05, 0.1) is 22.1 Å². The number of anilines is 1. The van der Waals surface area contributed by atoms with Gasteiger partial charge in [-0.05, 0) is 36.2 Å². The Balaban J connectivity index is 1.34. The molecule has 4 aromatic heterocycles. The Bertz CT molecular complexity index is 2300. The molecule has 46 heavy (non-hydrogen) atoms. The number of para-hydroxylation sites is 1. The maximum Gasteiger partial charge on any atom is 0.263 e. The highest BCUT2D eigenvalue weighted by Gasteiger charge is 2.24. The van der Waals surface area contributed by atoms with Gasteiger partial charge >= 0.3 is 0 Å². The third kappa shape index (κ3) is 5.37. The van der Waals surface area contributed by atoms with E-state index in [0.717, 1.165) is 11.1 Å². The third-order valence-electron chi connectivity index (χ3n) is 7.79. The van der Waals surface area contributed by atoms with Gasteiger partial charge in [-0.1, -0.05) is 78.3 Å². The van der Waals surface area contributed by atoms with Crippen molar-refractivity contribution in [3.8, 4) is 22.7 Å². The van der Waals surface area contributed by atoms with Crippen LogP contribution in [0.25, 0.3) is 38.6 Å². The van der Waals surface area contributed by atoms with E-state index in [-0.39, 0.29) is 11.0 Å². The molecule has 226 valence electrons. The fourth-order valence-electron chi connectivity index (χ4n) is 5.63. The van der Waals surface area contributed by atoms with Gasteiger partial charge in [-0.15, -0.1) is 0 Å². The predicted octanol–water partition coefficient (Wildman–Crippen LogP) is 7.09. The summed E-state index contributed by atoms with van der Waals surface area (Å²) in [5.41, 5.74) is 3.55. The van der Waals surface area contributed by atoms with E-state index in [1.165, 1.54) is 18.6 Å². The maximum atomic E-state index is 14.6. The second-order valence-electron chi connectivity index (χ2n) is 10.7. The molecule has 10 heteroatoms. The second kappa shape index (κ2) is 12.3. The lowest BCUT2D eigenvalue weighted by Gasteiger charge is -2.24. The van der Waals surface area contributed by atoms with Gasteiger partial charge in [0.15, 0.2) is 5.43 Å². The lowest BCUT2D eigenvalue weighted by Crippen LogP contribution is -2.27. The number of benzene rings is 3. The zero-order chi connectivity index (χ0) is 31.6. The number of halogens is 1. The Labute approximate surface area is 268 Å². The molecule has 0 aliphatic heterocycles. The summed E-state index contributed by atoms with van der Waals surface area (Å²) >= 11 is 7.23. The van der Waals surface area contributed by atoms with Crippen molar-refractivity contribution in [2.45, 2.75) is 19.6 Å². The second-order valence-corrected chi connectivity index (χ2v) is 11.1. The molecule has 0 spiro atoms. The number of ether oxygens (including phenoxy) is 1. The molecule has 0 saturated carbocycles. The van der Waals surface area contributed by atoms with Crippen LogP contribution < -0.4 is 21.0 Å². The highest BCUT2D eigenvalue weighted by molar-refractivity contribution is 6.36. The molecule has 7 aromatic rings. The molecular formula is C36H27ClN6O3. The van der Waals surface area contributed by atoms with Gasteiger partial charge in [-0.3, -0.25) is 14.2 Å². The van der Waals surface area contributed by atoms with Crippen molar-refractivity contribution in [3.63, 3.8) is 0 Å². The number of aromatic nitrogens is 5. The van der Waals surface area contributed by atoms with E-state index >= 15 is 0 Å². The van der Waals surface area contributed by atoms with Crippen molar-refractivity contribution in [2.24, 2.45) is 0 Å². The molecule has 0 radical (unpaired) electrons. The lowest BCUT2D eigenvalue weighted by molar-refractivity contribution is 0.294. The smallest absolute Gasteiger partial charge is 0.263 e. The molecular weight excluding hydrogens is 600 g/mol. The van der Waals surface area contributed by atoms with Crippen molar-refractivity contribution in [1.29, 1.82) is 0 Å². The van der Waals surface area contributed by atoms with Gasteiger partial charge in [0.25, 0.3) is 5.56 Å². The molecule has 3 aromatic carbocycles. The minimum absolute atomic E-state index is 0.233. The number of pyridine rings is 3. The van der Waals surface area contributed by atoms with Crippen molar-refractivity contribution in [3.05, 3.63) is 153 Å². The van der Waals surface area contributed by atoms with Crippen LogP contribution in [-0.4, -0.2) is 24.5 Å². The number of aromatic amines is 1. The van der Waals surface area contributed by atoms with E-state index in [4.69, 9.17) is 16.3 Å². The fourth-order valence-corrected chi connectivity index (χ4v) is 6.03. The van der Waals surface area contributed by atoms with Gasteiger partial charge in [-0.25, -0.2) is 15.0 Å². The average Bonchev–Trinajstić information content (AvgIpc) is 3.09. The van der Waals surface area contributed by atoms with E-state index in [1.807, 2.05) is 91.9 Å². The summed E-state index contributed by atoms with van der Waals surface area (Å²) in [5, 5.41) is 5.07. The van der Waals surface area contributed by atoms with Crippen molar-refractivity contribution < 1.29 is 4.74 Å². The van der Waals surface area contributed by atoms with Crippen LogP contribution in [0.5, 0.6) is 5.88 Å². The van der Waals surface area contributed by atoms with Crippen molar-refractivity contribution in [1.82, 2.24) is 24.5 Å². The van der Waals surface area contributed by atoms with Gasteiger partial charge in [0.1, 0.15) is 29.8 Å². The predicted molar refractivity (Wildman–Crippen MR) is 181 cm³/mol. The van der Waals surface area contributed by atoms with Crippen LogP contribution >= 0.6 is 11.6 Å². The Kier molecular flexibility index (Phi) is 7.74. The first-order chi connectivity index (χ1) is 22.5. The van der Waals surface area contributed by atoms with Crippen LogP contribution in [0.1, 0.15) is 24.2 Å². The highest BCUT2D eigenvalue weighted by Crippen LogP contribution is 2.36. The summed E-state index contributed by atoms with van der Waals surface area (Å²) < 4.78 is 7.49. The molecule has 4 heterocycles. The quantitative estimate of drug-likeness (QED) is 0.185. The molecule has 2 N–H and O–H groups in total. The van der Waals surface area contributed by atoms with Crippen LogP contribution in [0.4, 0.5) is 5.82 Å². The number of nitrogens with zero attached hydrogens (tertiary/aromatic N) is 4. The monoisotopic (exact) mass is 626 g/mol. The lowest BCUT2D eigenvalue weighted by atomic mass is 9.98. The van der Waals surface area contributed by atoms with Gasteiger partial charge in [0.2, 0.25) is 5.88 Å². The van der Waals surface area contributed by atoms with Crippen LogP contribution in [0, 0.1) is 0 Å². The number of hydrogen-bond acceptors (Lipinski definition) is 7. The van der Waals surface area contributed by atoms with Crippen LogP contribution in [0.15, 0.2) is 125 Å². The number of rotatable bonds is 8. The summed E-state index contributed by atoms with van der Waals surface area (Å²) in [7, 11) is 0. The van der Waals surface area contributed by atoms with E-state index in [0.29, 0.717) is 62.1 Å². The zero-order valence-corrected chi connectivity index (χ0v) is 25.4. The first-order valence-corrected chi connectivity index (χ1v) is 15.0. The SMILES string of the molecule is C[C@H](Nc1ncnc2[nH]ccc(=O)c12)c1c(Cl)c2cccc(-c3ccc(OCc4ccccc4)nc3)c2c(=O)n1-c1ccccc1. The number of fused-ring (bicyclic) bond motifs is 2. The van der Waals surface area contributed by atoms with E-state index < -0.39 is 6.04 Å². The molecule has 0 amide bonds. The Morgan fingerprint density at radius 3 is 2.41 bits per heavy atom. The summed E-state index contributed by atoms with van der Waals surface area (Å²) in [6, 6.07) is 29.3. The number of H-pyrrole nitrogens is 1. The molecule has 0 bridgehead atoms. The standard InChI is InChI=1S/C36H27ClN6O3/c1-22(42-35-31-28(44)17-18-38-34(31)40-21-41-35)33-32(37)27-14-8-13-26(30(27)36(45)43(33)25-11-6-3-7-12-25)24-15-16-29(39-19-24)46-20-23-9-4-2-5-10-23/h2-19,21-22H,20H2,1H3,(H2,38,40,41,42,44)/t22-/m0/s1.